The van der Waals surface area contributed by atoms with Gasteiger partial charge in [0.05, 0.1) is 17.8 Å². The summed E-state index contributed by atoms with van der Waals surface area (Å²) in [6.07, 6.45) is 0. The second kappa shape index (κ2) is 6.25. The minimum absolute atomic E-state index is 0.347. The van der Waals surface area contributed by atoms with Gasteiger partial charge in [-0.2, -0.15) is 4.57 Å². The van der Waals surface area contributed by atoms with Gasteiger partial charge in [0.1, 0.15) is 7.05 Å². The highest BCUT2D eigenvalue weighted by Gasteiger charge is 2.22. The first-order chi connectivity index (χ1) is 12.1. The van der Waals surface area contributed by atoms with Crippen molar-refractivity contribution in [1.29, 1.82) is 0 Å². The van der Waals surface area contributed by atoms with E-state index in [9.17, 15) is 0 Å². The largest absolute Gasteiger partial charge is 0.252 e. The SMILES string of the molecule is [2H]c1c(C)[n+](C)c(-c2cc(C)cc(C)c2C)c2cc(C)c(C(C)C)nc12. The molecule has 0 aliphatic carbocycles. The molecule has 2 aromatic heterocycles. The molecule has 0 saturated carbocycles. The Kier molecular flexibility index (Phi) is 4.07. The molecule has 0 amide bonds. The normalized spacial score (nSPS) is 12.1. The van der Waals surface area contributed by atoms with Crippen LogP contribution in [-0.4, -0.2) is 4.98 Å². The van der Waals surface area contributed by atoms with Crippen molar-refractivity contribution < 1.29 is 5.94 Å². The lowest BCUT2D eigenvalue weighted by atomic mass is 9.94. The quantitative estimate of drug-likeness (QED) is 0.574. The fourth-order valence-electron chi connectivity index (χ4n) is 3.70. The van der Waals surface area contributed by atoms with Gasteiger partial charge in [-0.05, 0) is 62.4 Å². The molecule has 0 radical (unpaired) electrons. The Hall–Kier alpha value is -2.22. The molecule has 2 nitrogen and oxygen atoms in total. The van der Waals surface area contributed by atoms with Crippen LogP contribution in [0.2, 0.25) is 0 Å². The summed E-state index contributed by atoms with van der Waals surface area (Å²) < 4.78 is 10.8. The van der Waals surface area contributed by atoms with Crippen molar-refractivity contribution in [2.45, 2.75) is 54.4 Å². The Morgan fingerprint density at radius 2 is 1.68 bits per heavy atom. The molecule has 0 atom stereocenters. The first-order valence-electron chi connectivity index (χ1n) is 9.52. The maximum absolute atomic E-state index is 8.65. The van der Waals surface area contributed by atoms with E-state index in [-0.39, 0.29) is 0 Å². The molecule has 2 heteroatoms. The minimum Gasteiger partial charge on any atom is -0.252 e. The molecular weight excluding hydrogens is 304 g/mol. The third-order valence-corrected chi connectivity index (χ3v) is 5.26. The van der Waals surface area contributed by atoms with Gasteiger partial charge in [-0.15, -0.1) is 0 Å². The van der Waals surface area contributed by atoms with Gasteiger partial charge in [-0.25, -0.2) is 0 Å². The van der Waals surface area contributed by atoms with Crippen LogP contribution in [0.5, 0.6) is 0 Å². The molecule has 0 bridgehead atoms. The number of benzene rings is 1. The molecule has 2 heterocycles. The molecule has 0 aliphatic heterocycles. The van der Waals surface area contributed by atoms with Crippen LogP contribution in [0.3, 0.4) is 0 Å². The molecule has 3 aromatic rings. The highest BCUT2D eigenvalue weighted by molar-refractivity contribution is 5.92. The topological polar surface area (TPSA) is 16.8 Å². The monoisotopic (exact) mass is 334 g/mol. The third kappa shape index (κ3) is 2.95. The molecule has 0 aliphatic rings. The zero-order valence-electron chi connectivity index (χ0n) is 17.7. The molecule has 3 rings (SSSR count). The summed E-state index contributed by atoms with van der Waals surface area (Å²) >= 11 is 0. The van der Waals surface area contributed by atoms with E-state index in [0.717, 1.165) is 28.0 Å². The molecule has 0 fully saturated rings. The van der Waals surface area contributed by atoms with Crippen molar-refractivity contribution in [3.63, 3.8) is 0 Å². The predicted molar refractivity (Wildman–Crippen MR) is 106 cm³/mol. The maximum atomic E-state index is 8.65. The lowest BCUT2D eigenvalue weighted by molar-refractivity contribution is -0.665. The molecule has 0 saturated heterocycles. The lowest BCUT2D eigenvalue weighted by Crippen LogP contribution is -2.35. The van der Waals surface area contributed by atoms with Crippen molar-refractivity contribution in [1.82, 2.24) is 4.98 Å². The zero-order chi connectivity index (χ0) is 19.3. The summed E-state index contributed by atoms with van der Waals surface area (Å²) in [5.74, 6) is 0.347. The van der Waals surface area contributed by atoms with Gasteiger partial charge in [0.15, 0.2) is 5.69 Å². The second-order valence-electron chi connectivity index (χ2n) is 7.61. The Morgan fingerprint density at radius 1 is 1.00 bits per heavy atom. The Bertz CT molecular complexity index is 1030. The summed E-state index contributed by atoms with van der Waals surface area (Å²) in [7, 11) is 2.06. The van der Waals surface area contributed by atoms with E-state index in [0.29, 0.717) is 12.0 Å². The van der Waals surface area contributed by atoms with Crippen molar-refractivity contribution in [2.24, 2.45) is 7.05 Å². The first kappa shape index (κ1) is 16.3. The van der Waals surface area contributed by atoms with Gasteiger partial charge in [0, 0.05) is 18.7 Å². The molecule has 0 unspecified atom stereocenters. The van der Waals surface area contributed by atoms with Gasteiger partial charge >= 0.3 is 0 Å². The fraction of sp³-hybridized carbons (Fsp3) is 0.391. The van der Waals surface area contributed by atoms with E-state index in [1.54, 1.807) is 0 Å². The fourth-order valence-corrected chi connectivity index (χ4v) is 3.70. The third-order valence-electron chi connectivity index (χ3n) is 5.26. The van der Waals surface area contributed by atoms with Crippen molar-refractivity contribution >= 4 is 10.9 Å². The van der Waals surface area contributed by atoms with Gasteiger partial charge in [-0.3, -0.25) is 4.98 Å². The summed E-state index contributed by atoms with van der Waals surface area (Å²) in [6, 6.07) is 7.23. The van der Waals surface area contributed by atoms with Crippen LogP contribution < -0.4 is 4.57 Å². The number of aryl methyl sites for hydroxylation is 3. The van der Waals surface area contributed by atoms with Gasteiger partial charge in [-0.1, -0.05) is 25.5 Å². The number of pyridine rings is 2. The summed E-state index contributed by atoms with van der Waals surface area (Å²) in [6.45, 7) is 15.0. The van der Waals surface area contributed by atoms with Crippen LogP contribution in [0.15, 0.2) is 24.2 Å². The van der Waals surface area contributed by atoms with Gasteiger partial charge in [0.2, 0.25) is 5.69 Å². The summed E-state index contributed by atoms with van der Waals surface area (Å²) in [4.78, 5) is 4.94. The van der Waals surface area contributed by atoms with Crippen LogP contribution >= 0.6 is 0 Å². The van der Waals surface area contributed by atoms with Gasteiger partial charge in [0.25, 0.3) is 0 Å². The number of hydrogen-bond acceptors (Lipinski definition) is 1. The van der Waals surface area contributed by atoms with Crippen molar-refractivity contribution in [3.05, 3.63) is 57.9 Å². The average Bonchev–Trinajstić information content (AvgIpc) is 2.56. The lowest BCUT2D eigenvalue weighted by Gasteiger charge is -2.15. The number of hydrogen-bond donors (Lipinski definition) is 0. The summed E-state index contributed by atoms with van der Waals surface area (Å²) in [5, 5.41) is 1.07. The smallest absolute Gasteiger partial charge is 0.222 e. The van der Waals surface area contributed by atoms with E-state index in [1.165, 1.54) is 27.8 Å². The first-order valence-corrected chi connectivity index (χ1v) is 9.02. The van der Waals surface area contributed by atoms with E-state index < -0.39 is 0 Å². The zero-order valence-corrected chi connectivity index (χ0v) is 16.7. The van der Waals surface area contributed by atoms with E-state index >= 15 is 0 Å². The molecule has 0 spiro atoms. The van der Waals surface area contributed by atoms with E-state index in [2.05, 4.69) is 71.4 Å². The molecule has 1 aromatic carbocycles. The second-order valence-corrected chi connectivity index (χ2v) is 7.61. The maximum Gasteiger partial charge on any atom is 0.222 e. The van der Waals surface area contributed by atoms with Crippen LogP contribution in [0, 0.1) is 34.6 Å². The number of nitrogens with zero attached hydrogens (tertiary/aromatic N) is 2. The van der Waals surface area contributed by atoms with E-state index in [4.69, 9.17) is 6.35 Å². The molecule has 0 N–H and O–H groups in total. The molecule has 130 valence electrons. The number of aromatic nitrogens is 2. The van der Waals surface area contributed by atoms with Crippen LogP contribution in [0.1, 0.15) is 54.8 Å². The highest BCUT2D eigenvalue weighted by Crippen LogP contribution is 2.32. The number of rotatable bonds is 2. The minimum atomic E-state index is 0.347. The van der Waals surface area contributed by atoms with Crippen LogP contribution in [0.25, 0.3) is 22.2 Å². The Balaban J connectivity index is 2.53. The van der Waals surface area contributed by atoms with Crippen LogP contribution in [-0.2, 0) is 7.05 Å². The molecule has 25 heavy (non-hydrogen) atoms. The Labute approximate surface area is 153 Å². The molecular formula is C23H29N2+. The van der Waals surface area contributed by atoms with Gasteiger partial charge < -0.3 is 0 Å². The predicted octanol–water partition coefficient (Wildman–Crippen LogP) is 5.39. The van der Waals surface area contributed by atoms with E-state index in [1.807, 2.05) is 6.92 Å². The average molecular weight is 335 g/mol. The van der Waals surface area contributed by atoms with Crippen molar-refractivity contribution in [2.75, 3.05) is 0 Å². The standard InChI is InChI=1S/C23H29N2/c1-13(2)22-16(5)11-20-21(24-22)12-17(6)25(8)23(20)19-10-14(3)9-15(4)18(19)7/h9-13H,1-8H3/q+1/i12D. The van der Waals surface area contributed by atoms with Crippen LogP contribution in [0.4, 0.5) is 0 Å². The van der Waals surface area contributed by atoms with Crippen molar-refractivity contribution in [3.8, 4) is 11.3 Å². The highest BCUT2D eigenvalue weighted by atomic mass is 15.0. The summed E-state index contributed by atoms with van der Waals surface area (Å²) in [5.41, 5.74) is 10.3. The Morgan fingerprint density at radius 3 is 2.32 bits per heavy atom. The number of fused-ring (bicyclic) bond motifs is 1.